The summed E-state index contributed by atoms with van der Waals surface area (Å²) < 4.78 is 5.34. The molecule has 9 nitrogen and oxygen atoms in total. The van der Waals surface area contributed by atoms with Crippen molar-refractivity contribution >= 4 is 5.97 Å². The molecule has 9 heteroatoms. The summed E-state index contributed by atoms with van der Waals surface area (Å²) in [6.45, 7) is 0. The van der Waals surface area contributed by atoms with Gasteiger partial charge in [-0.1, -0.05) is 56.0 Å². The summed E-state index contributed by atoms with van der Waals surface area (Å²) in [6, 6.07) is 12.1. The summed E-state index contributed by atoms with van der Waals surface area (Å²) in [4.78, 5) is 10.7. The molecule has 0 radical (unpaired) electrons. The number of carbonyl (C=O) groups is 1. The number of benzene rings is 1. The van der Waals surface area contributed by atoms with Gasteiger partial charge < -0.3 is 26.1 Å². The minimum atomic E-state index is -1.22. The lowest BCUT2D eigenvalue weighted by molar-refractivity contribution is -0.133. The Kier molecular flexibility index (Phi) is 11.8. The lowest BCUT2D eigenvalue weighted by Gasteiger charge is -2.23. The van der Waals surface area contributed by atoms with E-state index in [9.17, 15) is 4.79 Å². The Bertz CT molecular complexity index is 815. The highest BCUT2D eigenvalue weighted by atomic mass is 16.5. The van der Waals surface area contributed by atoms with Crippen molar-refractivity contribution in [2.75, 3.05) is 0 Å². The smallest absolute Gasteiger partial charge is 0.358 e. The molecular formula is C24H37N5O4. The first-order valence-corrected chi connectivity index (χ1v) is 11.6. The van der Waals surface area contributed by atoms with Gasteiger partial charge in [-0.3, -0.25) is 10.9 Å². The Morgan fingerprint density at radius 3 is 2.06 bits per heavy atom. The molecule has 4 rings (SSSR count). The topological polar surface area (TPSA) is 160 Å². The minimum Gasteiger partial charge on any atom is -0.476 e. The largest absolute Gasteiger partial charge is 0.476 e. The molecule has 0 spiro atoms. The van der Waals surface area contributed by atoms with E-state index in [1.807, 2.05) is 41.8 Å². The molecule has 182 valence electrons. The summed E-state index contributed by atoms with van der Waals surface area (Å²) in [6.07, 6.45) is 12.9. The molecule has 1 heterocycles. The molecule has 0 saturated heterocycles. The summed E-state index contributed by atoms with van der Waals surface area (Å²) >= 11 is 0. The predicted octanol–water partition coefficient (Wildman–Crippen LogP) is 3.40. The second-order valence-electron chi connectivity index (χ2n) is 8.19. The maximum absolute atomic E-state index is 10.7. The molecule has 8 N–H and O–H groups in total. The zero-order valence-corrected chi connectivity index (χ0v) is 19.1. The number of nitrogens with two attached hydrogens (primary N) is 2. The Morgan fingerprint density at radius 1 is 1.00 bits per heavy atom. The zero-order chi connectivity index (χ0) is 23.9. The number of hydrogen-bond donors (Lipinski definition) is 6. The molecule has 0 aliphatic heterocycles. The number of carboxylic acid groups (broad SMARTS) is 1. The van der Waals surface area contributed by atoms with Crippen molar-refractivity contribution in [3.8, 4) is 11.3 Å². The zero-order valence-electron chi connectivity index (χ0n) is 19.1. The second kappa shape index (κ2) is 14.9. The van der Waals surface area contributed by atoms with Gasteiger partial charge >= 0.3 is 5.97 Å². The Hall–Kier alpha value is -3.04. The fraction of sp³-hybridized carbons (Fsp3) is 0.500. The number of aromatic nitrogens is 2. The molecule has 0 unspecified atom stereocenters. The number of aliphatic hydroxyl groups excluding tert-OH is 1. The maximum Gasteiger partial charge on any atom is 0.358 e. The molecule has 2 fully saturated rings. The average Bonchev–Trinajstić information content (AvgIpc) is 3.37. The van der Waals surface area contributed by atoms with Gasteiger partial charge in [0.25, 0.3) is 0 Å². The third kappa shape index (κ3) is 9.97. The van der Waals surface area contributed by atoms with Crippen molar-refractivity contribution in [3.05, 3.63) is 54.2 Å². The fourth-order valence-electron chi connectivity index (χ4n) is 3.78. The van der Waals surface area contributed by atoms with Gasteiger partial charge in [-0.2, -0.15) is 5.10 Å². The van der Waals surface area contributed by atoms with Crippen LogP contribution in [0.25, 0.3) is 11.3 Å². The molecule has 2 saturated carbocycles. The third-order valence-electron chi connectivity index (χ3n) is 5.61. The van der Waals surface area contributed by atoms with Crippen molar-refractivity contribution in [3.63, 3.8) is 0 Å². The van der Waals surface area contributed by atoms with E-state index in [1.165, 1.54) is 31.2 Å². The molecule has 2 aliphatic carbocycles. The summed E-state index contributed by atoms with van der Waals surface area (Å²) in [5.41, 5.74) is 9.46. The van der Waals surface area contributed by atoms with E-state index in [2.05, 4.69) is 10.2 Å². The monoisotopic (exact) mass is 459 g/mol. The van der Waals surface area contributed by atoms with Crippen LogP contribution in [0.5, 0.6) is 0 Å². The summed E-state index contributed by atoms with van der Waals surface area (Å²) in [5, 5.41) is 24.4. The molecule has 2 aromatic rings. The Labute approximate surface area is 195 Å². The van der Waals surface area contributed by atoms with Crippen molar-refractivity contribution in [2.45, 2.75) is 76.4 Å². The molecule has 0 atom stereocenters. The van der Waals surface area contributed by atoms with E-state index in [-0.39, 0.29) is 23.8 Å². The van der Waals surface area contributed by atoms with Gasteiger partial charge in [0.15, 0.2) is 5.70 Å². The number of aromatic amines is 1. The summed E-state index contributed by atoms with van der Waals surface area (Å²) in [7, 11) is 0. The first-order valence-electron chi connectivity index (χ1n) is 11.6. The van der Waals surface area contributed by atoms with Gasteiger partial charge in [0.2, 0.25) is 5.88 Å². The van der Waals surface area contributed by atoms with Crippen molar-refractivity contribution in [2.24, 2.45) is 11.6 Å². The van der Waals surface area contributed by atoms with Crippen LogP contribution in [0.1, 0.15) is 64.2 Å². The van der Waals surface area contributed by atoms with Gasteiger partial charge in [-0.15, -0.1) is 0 Å². The van der Waals surface area contributed by atoms with Crippen LogP contribution in [0.15, 0.2) is 54.2 Å². The van der Waals surface area contributed by atoms with E-state index >= 15 is 0 Å². The van der Waals surface area contributed by atoms with Crippen LogP contribution >= 0.6 is 0 Å². The van der Waals surface area contributed by atoms with Gasteiger partial charge in [0, 0.05) is 6.20 Å². The molecule has 2 aliphatic rings. The lowest BCUT2D eigenvalue weighted by atomic mass is 9.98. The number of aliphatic hydroxyl groups is 1. The lowest BCUT2D eigenvalue weighted by Crippen LogP contribution is -2.32. The van der Waals surface area contributed by atoms with E-state index in [0.29, 0.717) is 0 Å². The fourth-order valence-corrected chi connectivity index (χ4v) is 3.78. The van der Waals surface area contributed by atoms with Crippen LogP contribution in [0.2, 0.25) is 0 Å². The van der Waals surface area contributed by atoms with Crippen molar-refractivity contribution in [1.29, 1.82) is 0 Å². The maximum atomic E-state index is 10.7. The molecule has 1 aromatic heterocycles. The van der Waals surface area contributed by atoms with Gasteiger partial charge in [0.1, 0.15) is 6.10 Å². The number of hydrogen-bond acceptors (Lipinski definition) is 7. The van der Waals surface area contributed by atoms with Crippen LogP contribution in [0, 0.1) is 0 Å². The molecule has 33 heavy (non-hydrogen) atoms. The first kappa shape index (κ1) is 26.2. The van der Waals surface area contributed by atoms with Crippen LogP contribution in [-0.2, 0) is 9.53 Å². The first-order chi connectivity index (χ1) is 16.0. The SMILES string of the molecule is NN/C(C(=O)O)=C(\N)OC1CCCCC1.OC1CCCCC1.c1ccc(-c2ccn[nH]2)cc1. The van der Waals surface area contributed by atoms with Gasteiger partial charge in [-0.25, -0.2) is 4.79 Å². The number of ether oxygens (including phenoxy) is 1. The van der Waals surface area contributed by atoms with Crippen molar-refractivity contribution < 1.29 is 19.7 Å². The van der Waals surface area contributed by atoms with E-state index in [1.54, 1.807) is 6.20 Å². The highest BCUT2D eigenvalue weighted by molar-refractivity contribution is 5.86. The number of nitrogens with one attached hydrogen (secondary N) is 2. The van der Waals surface area contributed by atoms with Crippen LogP contribution in [-0.4, -0.2) is 38.6 Å². The van der Waals surface area contributed by atoms with E-state index in [4.69, 9.17) is 26.5 Å². The Balaban J connectivity index is 0.000000187. The van der Waals surface area contributed by atoms with Crippen LogP contribution < -0.4 is 17.0 Å². The molecule has 1 aromatic carbocycles. The second-order valence-corrected chi connectivity index (χ2v) is 8.19. The highest BCUT2D eigenvalue weighted by Crippen LogP contribution is 2.22. The molecule has 0 amide bonds. The van der Waals surface area contributed by atoms with Crippen LogP contribution in [0.3, 0.4) is 0 Å². The third-order valence-corrected chi connectivity index (χ3v) is 5.61. The van der Waals surface area contributed by atoms with E-state index < -0.39 is 5.97 Å². The number of carboxylic acids is 1. The standard InChI is InChI=1S/C9H17N3O3.C9H8N2.C6H12O/c10-8(7(12-11)9(13)14)15-6-4-2-1-3-5-6;1-2-4-8(5-3-1)9-6-7-10-11-9;7-6-4-2-1-3-5-6/h6,12H,1-5,10-11H2,(H,13,14);1-7H,(H,10,11);6-7H,1-5H2/b8-7+;;. The number of rotatable bonds is 5. The number of H-pyrrole nitrogens is 1. The normalized spacial score (nSPS) is 17.4. The van der Waals surface area contributed by atoms with Crippen molar-refractivity contribution in [1.82, 2.24) is 15.6 Å². The minimum absolute atomic E-state index is 0.0152. The number of nitrogens with zero attached hydrogens (tertiary/aromatic N) is 1. The van der Waals surface area contributed by atoms with E-state index in [0.717, 1.165) is 44.2 Å². The molecule has 0 bridgehead atoms. The highest BCUT2D eigenvalue weighted by Gasteiger charge is 2.19. The predicted molar refractivity (Wildman–Crippen MR) is 127 cm³/mol. The average molecular weight is 460 g/mol. The molecular weight excluding hydrogens is 422 g/mol. The van der Waals surface area contributed by atoms with Crippen LogP contribution in [0.4, 0.5) is 0 Å². The van der Waals surface area contributed by atoms with Gasteiger partial charge in [-0.05, 0) is 50.2 Å². The number of aliphatic carboxylic acids is 1. The quantitative estimate of drug-likeness (QED) is 0.172. The van der Waals surface area contributed by atoms with Gasteiger partial charge in [0.05, 0.1) is 11.8 Å². The summed E-state index contributed by atoms with van der Waals surface area (Å²) in [5.74, 6) is 3.67. The number of hydrazine groups is 1. The Morgan fingerprint density at radius 2 is 1.61 bits per heavy atom.